The number of benzene rings is 1. The second-order valence-electron chi connectivity index (χ2n) is 6.57. The van der Waals surface area contributed by atoms with Crippen LogP contribution < -0.4 is 10.6 Å². The van der Waals surface area contributed by atoms with Crippen LogP contribution >= 0.6 is 23.7 Å². The van der Waals surface area contributed by atoms with Crippen LogP contribution in [0, 0.1) is 0 Å². The molecule has 0 bridgehead atoms. The van der Waals surface area contributed by atoms with E-state index in [9.17, 15) is 9.90 Å². The fraction of sp³-hybridized carbons (Fsp3) is 0.444. The molecule has 2 atom stereocenters. The van der Waals surface area contributed by atoms with Crippen molar-refractivity contribution in [2.75, 3.05) is 11.9 Å². The van der Waals surface area contributed by atoms with E-state index in [1.165, 1.54) is 41.7 Å². The van der Waals surface area contributed by atoms with Gasteiger partial charge in [-0.15, -0.1) is 23.7 Å². The summed E-state index contributed by atoms with van der Waals surface area (Å²) in [6, 6.07) is 6.24. The lowest BCUT2D eigenvalue weighted by Crippen LogP contribution is -2.35. The Labute approximate surface area is 157 Å². The fourth-order valence-corrected chi connectivity index (χ4v) is 4.19. The smallest absolute Gasteiger partial charge is 0.243 e. The van der Waals surface area contributed by atoms with Gasteiger partial charge in [0, 0.05) is 17.5 Å². The molecule has 4 rings (SSSR count). The van der Waals surface area contributed by atoms with E-state index in [2.05, 4.69) is 33.8 Å². The van der Waals surface area contributed by atoms with Crippen molar-refractivity contribution in [2.45, 2.75) is 44.2 Å². The van der Waals surface area contributed by atoms with Gasteiger partial charge < -0.3 is 15.7 Å². The topological polar surface area (TPSA) is 74.2 Å². The second kappa shape index (κ2) is 7.83. The molecule has 0 spiro atoms. The number of hydrogen-bond donors (Lipinski definition) is 3. The first-order valence-electron chi connectivity index (χ1n) is 8.49. The summed E-state index contributed by atoms with van der Waals surface area (Å²) in [6.45, 7) is 0.469. The molecule has 1 aliphatic heterocycles. The van der Waals surface area contributed by atoms with Crippen molar-refractivity contribution in [1.29, 1.82) is 0 Å². The summed E-state index contributed by atoms with van der Waals surface area (Å²) in [4.78, 5) is 16.7. The number of nitrogens with one attached hydrogen (secondary N) is 2. The van der Waals surface area contributed by atoms with Crippen molar-refractivity contribution in [2.24, 2.45) is 0 Å². The molecule has 0 radical (unpaired) electrons. The molecule has 1 amide bonds. The van der Waals surface area contributed by atoms with E-state index in [-0.39, 0.29) is 24.4 Å². The number of nitrogens with zero attached hydrogens (tertiary/aromatic N) is 1. The molecule has 1 aromatic carbocycles. The largest absolute Gasteiger partial charge is 0.392 e. The summed E-state index contributed by atoms with van der Waals surface area (Å²) in [5.74, 6) is -0.127. The summed E-state index contributed by atoms with van der Waals surface area (Å²) in [6.07, 6.45) is 4.87. The molecule has 7 heteroatoms. The number of aryl methyl sites for hydroxylation is 2. The molecule has 2 heterocycles. The maximum absolute atomic E-state index is 12.2. The van der Waals surface area contributed by atoms with E-state index in [1.54, 1.807) is 0 Å². The Hall–Kier alpha value is -1.47. The van der Waals surface area contributed by atoms with Crippen LogP contribution in [-0.4, -0.2) is 34.7 Å². The third kappa shape index (κ3) is 4.03. The van der Waals surface area contributed by atoms with Gasteiger partial charge in [-0.2, -0.15) is 0 Å². The highest BCUT2D eigenvalue weighted by Gasteiger charge is 2.28. The van der Waals surface area contributed by atoms with Crippen molar-refractivity contribution in [3.05, 3.63) is 34.7 Å². The van der Waals surface area contributed by atoms with Gasteiger partial charge in [0.15, 0.2) is 5.13 Å². The SMILES string of the molecule is Cl.O=C(Nc1nc(-c2ccc3c(c2)CCCC3)cs1)C1CC(O)CN1. The lowest BCUT2D eigenvalue weighted by atomic mass is 9.90. The number of rotatable bonds is 3. The summed E-state index contributed by atoms with van der Waals surface area (Å²) in [5.41, 5.74) is 4.91. The van der Waals surface area contributed by atoms with Gasteiger partial charge in [-0.3, -0.25) is 4.79 Å². The van der Waals surface area contributed by atoms with Gasteiger partial charge in [-0.1, -0.05) is 12.1 Å². The predicted molar refractivity (Wildman–Crippen MR) is 102 cm³/mol. The number of hydrogen-bond acceptors (Lipinski definition) is 5. The standard InChI is InChI=1S/C18H21N3O2S.ClH/c22-14-8-15(19-9-14)17(23)21-18-20-16(10-24-18)13-6-5-11-3-1-2-4-12(11)7-13;/h5-7,10,14-15,19,22H,1-4,8-9H2,(H,20,21,23);1H. The molecule has 1 fully saturated rings. The molecule has 5 nitrogen and oxygen atoms in total. The Morgan fingerprint density at radius 2 is 2.08 bits per heavy atom. The van der Waals surface area contributed by atoms with E-state index in [0.717, 1.165) is 17.7 Å². The van der Waals surface area contributed by atoms with E-state index < -0.39 is 6.10 Å². The highest BCUT2D eigenvalue weighted by molar-refractivity contribution is 7.14. The van der Waals surface area contributed by atoms with Gasteiger partial charge in [0.2, 0.25) is 5.91 Å². The number of halogens is 1. The molecular weight excluding hydrogens is 358 g/mol. The number of β-amino-alcohol motifs (C(OH)–C–C–N with tert-alkyl or cyclic N) is 1. The number of amides is 1. The third-order valence-corrected chi connectivity index (χ3v) is 5.56. The number of fused-ring (bicyclic) bond motifs is 1. The number of aliphatic hydroxyl groups is 1. The predicted octanol–water partition coefficient (Wildman–Crippen LogP) is 2.77. The van der Waals surface area contributed by atoms with Gasteiger partial charge in [0.25, 0.3) is 0 Å². The number of aromatic nitrogens is 1. The first kappa shape index (κ1) is 18.3. The monoisotopic (exact) mass is 379 g/mol. The molecule has 0 saturated carbocycles. The van der Waals surface area contributed by atoms with Gasteiger partial charge in [-0.05, 0) is 49.3 Å². The number of carbonyl (C=O) groups is 1. The molecule has 2 unspecified atom stereocenters. The van der Waals surface area contributed by atoms with Gasteiger partial charge in [-0.25, -0.2) is 4.98 Å². The first-order chi connectivity index (χ1) is 11.7. The van der Waals surface area contributed by atoms with Crippen LogP contribution in [0.25, 0.3) is 11.3 Å². The fourth-order valence-electron chi connectivity index (χ4n) is 3.47. The average Bonchev–Trinajstić information content (AvgIpc) is 3.23. The normalized spacial score (nSPS) is 22.1. The Bertz CT molecular complexity index is 765. The molecule has 25 heavy (non-hydrogen) atoms. The number of carbonyl (C=O) groups excluding carboxylic acids is 1. The Balaban J connectivity index is 0.00000182. The Morgan fingerprint density at radius 1 is 1.28 bits per heavy atom. The summed E-state index contributed by atoms with van der Waals surface area (Å²) in [5, 5.41) is 18.0. The minimum absolute atomic E-state index is 0. The average molecular weight is 380 g/mol. The van der Waals surface area contributed by atoms with Gasteiger partial charge in [0.1, 0.15) is 0 Å². The molecule has 3 N–H and O–H groups in total. The molecule has 2 aliphatic rings. The number of anilines is 1. The molecule has 1 aliphatic carbocycles. The van der Waals surface area contributed by atoms with Crippen molar-refractivity contribution in [3.63, 3.8) is 0 Å². The van der Waals surface area contributed by atoms with Crippen molar-refractivity contribution < 1.29 is 9.90 Å². The Morgan fingerprint density at radius 3 is 2.84 bits per heavy atom. The third-order valence-electron chi connectivity index (χ3n) is 4.80. The minimum atomic E-state index is -0.442. The maximum Gasteiger partial charge on any atom is 0.243 e. The van der Waals surface area contributed by atoms with Crippen molar-refractivity contribution >= 4 is 34.8 Å². The van der Waals surface area contributed by atoms with Gasteiger partial charge in [0.05, 0.1) is 17.8 Å². The summed E-state index contributed by atoms with van der Waals surface area (Å²) in [7, 11) is 0. The zero-order valence-electron chi connectivity index (χ0n) is 13.8. The lowest BCUT2D eigenvalue weighted by Gasteiger charge is -2.16. The Kier molecular flexibility index (Phi) is 5.74. The molecule has 1 saturated heterocycles. The van der Waals surface area contributed by atoms with Crippen LogP contribution in [0.1, 0.15) is 30.4 Å². The van der Waals surface area contributed by atoms with E-state index >= 15 is 0 Å². The van der Waals surface area contributed by atoms with Crippen LogP contribution in [0.15, 0.2) is 23.6 Å². The number of aliphatic hydroxyl groups excluding tert-OH is 1. The number of thiazole rings is 1. The van der Waals surface area contributed by atoms with Crippen LogP contribution in [0.4, 0.5) is 5.13 Å². The first-order valence-corrected chi connectivity index (χ1v) is 9.37. The minimum Gasteiger partial charge on any atom is -0.392 e. The molecule has 134 valence electrons. The van der Waals surface area contributed by atoms with Crippen LogP contribution in [0.5, 0.6) is 0 Å². The summed E-state index contributed by atoms with van der Waals surface area (Å²) < 4.78 is 0. The lowest BCUT2D eigenvalue weighted by molar-refractivity contribution is -0.117. The molecule has 1 aromatic heterocycles. The zero-order chi connectivity index (χ0) is 16.5. The second-order valence-corrected chi connectivity index (χ2v) is 7.43. The molecule has 2 aromatic rings. The molecular formula is C18H22ClN3O2S. The van der Waals surface area contributed by atoms with Crippen molar-refractivity contribution in [3.8, 4) is 11.3 Å². The van der Waals surface area contributed by atoms with E-state index in [1.807, 2.05) is 5.38 Å². The van der Waals surface area contributed by atoms with Crippen LogP contribution in [0.3, 0.4) is 0 Å². The summed E-state index contributed by atoms with van der Waals surface area (Å²) >= 11 is 1.44. The van der Waals surface area contributed by atoms with Gasteiger partial charge >= 0.3 is 0 Å². The van der Waals surface area contributed by atoms with Crippen LogP contribution in [0.2, 0.25) is 0 Å². The highest BCUT2D eigenvalue weighted by atomic mass is 35.5. The highest BCUT2D eigenvalue weighted by Crippen LogP contribution is 2.29. The van der Waals surface area contributed by atoms with E-state index in [0.29, 0.717) is 18.1 Å². The zero-order valence-corrected chi connectivity index (χ0v) is 15.5. The van der Waals surface area contributed by atoms with Crippen molar-refractivity contribution in [1.82, 2.24) is 10.3 Å². The van der Waals surface area contributed by atoms with E-state index in [4.69, 9.17) is 0 Å². The quantitative estimate of drug-likeness (QED) is 0.766. The van der Waals surface area contributed by atoms with Crippen LogP contribution in [-0.2, 0) is 17.6 Å². The maximum atomic E-state index is 12.2.